The zero-order valence-electron chi connectivity index (χ0n) is 14.9. The lowest BCUT2D eigenvalue weighted by atomic mass is 10.1. The molecule has 0 bridgehead atoms. The molecular weight excluding hydrogens is 352 g/mol. The molecule has 0 aromatic heterocycles. The highest BCUT2D eigenvalue weighted by Gasteiger charge is 2.25. The van der Waals surface area contributed by atoms with E-state index < -0.39 is 0 Å². The summed E-state index contributed by atoms with van der Waals surface area (Å²) in [6.45, 7) is 7.19. The Hall–Kier alpha value is -2.40. The van der Waals surface area contributed by atoms with Crippen LogP contribution in [0.15, 0.2) is 30.3 Å². The molecule has 0 atom stereocenters. The van der Waals surface area contributed by atoms with E-state index in [4.69, 9.17) is 21.1 Å². The Morgan fingerprint density at radius 2 is 1.73 bits per heavy atom. The summed E-state index contributed by atoms with van der Waals surface area (Å²) in [7, 11) is 0. The molecule has 0 radical (unpaired) electrons. The van der Waals surface area contributed by atoms with E-state index in [1.54, 1.807) is 18.2 Å². The monoisotopic (exact) mass is 372 g/mol. The van der Waals surface area contributed by atoms with Gasteiger partial charge in [-0.3, -0.25) is 4.79 Å². The number of ether oxygens (including phenoxy) is 2. The van der Waals surface area contributed by atoms with Gasteiger partial charge in [-0.05, 0) is 49.2 Å². The maximum absolute atomic E-state index is 12.8. The number of rotatable bonds is 2. The second-order valence-electron chi connectivity index (χ2n) is 6.76. The van der Waals surface area contributed by atoms with Gasteiger partial charge in [0.1, 0.15) is 0 Å². The van der Waals surface area contributed by atoms with Crippen LogP contribution in [0.3, 0.4) is 0 Å². The average molecular weight is 373 g/mol. The van der Waals surface area contributed by atoms with Crippen LogP contribution in [0.5, 0.6) is 11.5 Å². The molecule has 1 amide bonds. The zero-order valence-corrected chi connectivity index (χ0v) is 15.7. The number of aryl methyl sites for hydroxylation is 2. The predicted octanol–water partition coefficient (Wildman–Crippen LogP) is 3.65. The molecule has 2 aromatic carbocycles. The lowest BCUT2D eigenvalue weighted by Crippen LogP contribution is -2.49. The van der Waals surface area contributed by atoms with Gasteiger partial charge in [-0.25, -0.2) is 0 Å². The number of hydrogen-bond donors (Lipinski definition) is 0. The van der Waals surface area contributed by atoms with Gasteiger partial charge in [0, 0.05) is 31.7 Å². The highest BCUT2D eigenvalue weighted by atomic mass is 35.5. The number of fused-ring (bicyclic) bond motifs is 1. The van der Waals surface area contributed by atoms with E-state index in [0.717, 1.165) is 29.4 Å². The highest BCUT2D eigenvalue weighted by Crippen LogP contribution is 2.34. The van der Waals surface area contributed by atoms with Crippen molar-refractivity contribution in [1.29, 1.82) is 0 Å². The Bertz CT molecular complexity index is 837. The first-order valence-corrected chi connectivity index (χ1v) is 9.11. The SMILES string of the molecule is Cc1cc(C)c(N2CCN(C(=O)c3ccc4c(c3)OCO4)CC2)c(Cl)c1. The molecule has 0 aliphatic carbocycles. The Labute approximate surface area is 158 Å². The smallest absolute Gasteiger partial charge is 0.254 e. The van der Waals surface area contributed by atoms with Crippen LogP contribution in [0.2, 0.25) is 5.02 Å². The molecule has 0 N–H and O–H groups in total. The minimum atomic E-state index is 0.0228. The quantitative estimate of drug-likeness (QED) is 0.807. The van der Waals surface area contributed by atoms with Crippen LogP contribution in [0.4, 0.5) is 5.69 Å². The van der Waals surface area contributed by atoms with Crippen LogP contribution < -0.4 is 14.4 Å². The number of anilines is 1. The van der Waals surface area contributed by atoms with Gasteiger partial charge < -0.3 is 19.3 Å². The molecule has 2 aliphatic heterocycles. The van der Waals surface area contributed by atoms with Crippen LogP contribution in [0, 0.1) is 13.8 Å². The molecule has 136 valence electrons. The lowest BCUT2D eigenvalue weighted by molar-refractivity contribution is 0.0746. The number of nitrogens with zero attached hydrogens (tertiary/aromatic N) is 2. The highest BCUT2D eigenvalue weighted by molar-refractivity contribution is 6.33. The van der Waals surface area contributed by atoms with Gasteiger partial charge in [0.15, 0.2) is 11.5 Å². The summed E-state index contributed by atoms with van der Waals surface area (Å²) in [6.07, 6.45) is 0. The van der Waals surface area contributed by atoms with Crippen molar-refractivity contribution in [2.24, 2.45) is 0 Å². The van der Waals surface area contributed by atoms with Crippen molar-refractivity contribution in [2.75, 3.05) is 37.9 Å². The van der Waals surface area contributed by atoms with Crippen molar-refractivity contribution in [1.82, 2.24) is 4.90 Å². The minimum Gasteiger partial charge on any atom is -0.454 e. The average Bonchev–Trinajstić information content (AvgIpc) is 3.08. The third-order valence-corrected chi connectivity index (χ3v) is 5.19. The number of piperazine rings is 1. The van der Waals surface area contributed by atoms with E-state index in [-0.39, 0.29) is 12.7 Å². The molecule has 6 heteroatoms. The van der Waals surface area contributed by atoms with Gasteiger partial charge in [-0.2, -0.15) is 0 Å². The van der Waals surface area contributed by atoms with Gasteiger partial charge in [-0.1, -0.05) is 17.7 Å². The fourth-order valence-electron chi connectivity index (χ4n) is 3.65. The van der Waals surface area contributed by atoms with Crippen LogP contribution in [-0.4, -0.2) is 43.8 Å². The molecule has 2 aliphatic rings. The molecule has 2 aromatic rings. The molecule has 0 saturated carbocycles. The Kier molecular flexibility index (Phi) is 4.41. The number of halogens is 1. The summed E-state index contributed by atoms with van der Waals surface area (Å²) in [5, 5.41) is 0.776. The van der Waals surface area contributed by atoms with Crippen molar-refractivity contribution in [3.05, 3.63) is 52.0 Å². The third-order valence-electron chi connectivity index (χ3n) is 4.90. The Morgan fingerprint density at radius 3 is 2.46 bits per heavy atom. The lowest BCUT2D eigenvalue weighted by Gasteiger charge is -2.37. The van der Waals surface area contributed by atoms with Crippen molar-refractivity contribution in [3.63, 3.8) is 0 Å². The fourth-order valence-corrected chi connectivity index (χ4v) is 4.09. The summed E-state index contributed by atoms with van der Waals surface area (Å²) in [6, 6.07) is 9.49. The van der Waals surface area contributed by atoms with Crippen molar-refractivity contribution >= 4 is 23.2 Å². The van der Waals surface area contributed by atoms with E-state index >= 15 is 0 Å². The maximum atomic E-state index is 12.8. The molecule has 2 heterocycles. The Balaban J connectivity index is 1.46. The number of carbonyl (C=O) groups excluding carboxylic acids is 1. The molecule has 5 nitrogen and oxygen atoms in total. The van der Waals surface area contributed by atoms with Gasteiger partial charge in [0.2, 0.25) is 6.79 Å². The number of carbonyl (C=O) groups is 1. The van der Waals surface area contributed by atoms with Gasteiger partial charge in [-0.15, -0.1) is 0 Å². The van der Waals surface area contributed by atoms with E-state index in [9.17, 15) is 4.79 Å². The molecule has 1 fully saturated rings. The first-order chi connectivity index (χ1) is 12.5. The van der Waals surface area contributed by atoms with Crippen LogP contribution in [0.25, 0.3) is 0 Å². The maximum Gasteiger partial charge on any atom is 0.254 e. The van der Waals surface area contributed by atoms with Crippen molar-refractivity contribution in [3.8, 4) is 11.5 Å². The first kappa shape index (κ1) is 17.0. The first-order valence-electron chi connectivity index (χ1n) is 8.73. The van der Waals surface area contributed by atoms with Crippen LogP contribution in [0.1, 0.15) is 21.5 Å². The second kappa shape index (κ2) is 6.72. The predicted molar refractivity (Wildman–Crippen MR) is 102 cm³/mol. The van der Waals surface area contributed by atoms with E-state index in [1.165, 1.54) is 5.56 Å². The van der Waals surface area contributed by atoms with Crippen molar-refractivity contribution in [2.45, 2.75) is 13.8 Å². The molecule has 26 heavy (non-hydrogen) atoms. The largest absolute Gasteiger partial charge is 0.454 e. The zero-order chi connectivity index (χ0) is 18.3. The standard InChI is InChI=1S/C20H21ClN2O3/c1-13-9-14(2)19(16(21)10-13)22-5-7-23(8-6-22)20(24)15-3-4-17-18(11-15)26-12-25-17/h3-4,9-11H,5-8,12H2,1-2H3. The topological polar surface area (TPSA) is 42.0 Å². The molecule has 1 saturated heterocycles. The van der Waals surface area contributed by atoms with Gasteiger partial charge in [0.25, 0.3) is 5.91 Å². The minimum absolute atomic E-state index is 0.0228. The number of benzene rings is 2. The van der Waals surface area contributed by atoms with Gasteiger partial charge >= 0.3 is 0 Å². The van der Waals surface area contributed by atoms with E-state index in [2.05, 4.69) is 17.9 Å². The molecule has 0 spiro atoms. The number of hydrogen-bond acceptors (Lipinski definition) is 4. The summed E-state index contributed by atoms with van der Waals surface area (Å²) in [4.78, 5) is 17.0. The molecule has 0 unspecified atom stereocenters. The summed E-state index contributed by atoms with van der Waals surface area (Å²) in [5.41, 5.74) is 4.04. The van der Waals surface area contributed by atoms with Crippen LogP contribution >= 0.6 is 11.6 Å². The fraction of sp³-hybridized carbons (Fsp3) is 0.350. The molecular formula is C20H21ClN2O3. The van der Waals surface area contributed by atoms with Crippen molar-refractivity contribution < 1.29 is 14.3 Å². The second-order valence-corrected chi connectivity index (χ2v) is 7.17. The summed E-state index contributed by atoms with van der Waals surface area (Å²) in [5.74, 6) is 1.35. The van der Waals surface area contributed by atoms with E-state index in [1.807, 2.05) is 17.9 Å². The number of amides is 1. The third kappa shape index (κ3) is 3.07. The van der Waals surface area contributed by atoms with Crippen LogP contribution in [-0.2, 0) is 0 Å². The summed E-state index contributed by atoms with van der Waals surface area (Å²) >= 11 is 6.47. The normalized spacial score (nSPS) is 16.1. The molecule has 4 rings (SSSR count). The van der Waals surface area contributed by atoms with E-state index in [0.29, 0.717) is 30.2 Å². The Morgan fingerprint density at radius 1 is 1.00 bits per heavy atom. The van der Waals surface area contributed by atoms with Gasteiger partial charge in [0.05, 0.1) is 10.7 Å². The summed E-state index contributed by atoms with van der Waals surface area (Å²) < 4.78 is 10.7.